The summed E-state index contributed by atoms with van der Waals surface area (Å²) in [7, 11) is 1.62. The van der Waals surface area contributed by atoms with Gasteiger partial charge in [-0.25, -0.2) is 9.78 Å². The van der Waals surface area contributed by atoms with E-state index in [9.17, 15) is 31.1 Å². The summed E-state index contributed by atoms with van der Waals surface area (Å²) >= 11 is 0. The lowest BCUT2D eigenvalue weighted by atomic mass is 10.2. The van der Waals surface area contributed by atoms with E-state index in [-0.39, 0.29) is 6.07 Å². The van der Waals surface area contributed by atoms with Gasteiger partial charge in [0.2, 0.25) is 5.88 Å². The molecule has 21 heavy (non-hydrogen) atoms. The second kappa shape index (κ2) is 5.66. The van der Waals surface area contributed by atoms with Crippen molar-refractivity contribution in [3.8, 4) is 11.6 Å². The summed E-state index contributed by atoms with van der Waals surface area (Å²) < 4.78 is 86.7. The zero-order valence-corrected chi connectivity index (χ0v) is 10.4. The van der Waals surface area contributed by atoms with Crippen LogP contribution in [-0.4, -0.2) is 31.5 Å². The fourth-order valence-corrected chi connectivity index (χ4v) is 1.32. The van der Waals surface area contributed by atoms with Gasteiger partial charge >= 0.3 is 18.5 Å². The molecule has 0 aliphatic heterocycles. The molecular formula is C10H7F6NO4. The van der Waals surface area contributed by atoms with Crippen molar-refractivity contribution in [3.63, 3.8) is 0 Å². The van der Waals surface area contributed by atoms with Gasteiger partial charge in [-0.3, -0.25) is 0 Å². The highest BCUT2D eigenvalue weighted by Gasteiger charge is 2.43. The quantitative estimate of drug-likeness (QED) is 0.633. The van der Waals surface area contributed by atoms with Gasteiger partial charge in [0.1, 0.15) is 5.75 Å². The summed E-state index contributed by atoms with van der Waals surface area (Å²) in [5.41, 5.74) is -2.73. The largest absolute Gasteiger partial charge is 0.573 e. The Bertz CT molecular complexity index is 540. The molecule has 1 rings (SSSR count). The van der Waals surface area contributed by atoms with Crippen LogP contribution >= 0.6 is 0 Å². The number of hydrogen-bond acceptors (Lipinski definition) is 5. The molecule has 0 aliphatic rings. The molecule has 118 valence electrons. The highest BCUT2D eigenvalue weighted by molar-refractivity contribution is 5.88. The van der Waals surface area contributed by atoms with Gasteiger partial charge in [-0.1, -0.05) is 0 Å². The number of alkyl halides is 6. The van der Waals surface area contributed by atoms with E-state index in [1.54, 1.807) is 0 Å². The molecule has 0 atom stereocenters. The molecule has 0 aromatic carbocycles. The van der Waals surface area contributed by atoms with Gasteiger partial charge in [0.15, 0.2) is 11.3 Å². The number of carbonyl (C=O) groups excluding carboxylic acids is 1. The van der Waals surface area contributed by atoms with Crippen molar-refractivity contribution in [2.45, 2.75) is 12.5 Å². The second-order valence-corrected chi connectivity index (χ2v) is 3.43. The molecule has 0 radical (unpaired) electrons. The molecule has 0 aliphatic carbocycles. The van der Waals surface area contributed by atoms with Crippen LogP contribution in [0.25, 0.3) is 0 Å². The highest BCUT2D eigenvalue weighted by Crippen LogP contribution is 2.43. The maximum atomic E-state index is 12.8. The summed E-state index contributed by atoms with van der Waals surface area (Å²) in [6, 6.07) is 0.171. The summed E-state index contributed by atoms with van der Waals surface area (Å²) in [5.74, 6) is -4.17. The Labute approximate surface area is 113 Å². The number of halogens is 6. The molecule has 1 aromatic heterocycles. The number of pyridine rings is 1. The van der Waals surface area contributed by atoms with E-state index in [1.807, 2.05) is 0 Å². The Balaban J connectivity index is 3.57. The standard InChI is InChI=1S/C10H7F6NO4/c1-19-7-6(9(11,12)13)5(21-10(14,15)16)3-4(17-7)8(18)20-2/h3H,1-2H3. The first kappa shape index (κ1) is 16.9. The number of rotatable bonds is 3. The number of esters is 1. The van der Waals surface area contributed by atoms with E-state index < -0.39 is 41.4 Å². The fraction of sp³-hybridized carbons (Fsp3) is 0.400. The first-order chi connectivity index (χ1) is 9.49. The van der Waals surface area contributed by atoms with E-state index in [0.717, 1.165) is 14.2 Å². The number of ether oxygens (including phenoxy) is 3. The van der Waals surface area contributed by atoms with Crippen molar-refractivity contribution < 1.29 is 45.3 Å². The van der Waals surface area contributed by atoms with Crippen LogP contribution in [-0.2, 0) is 10.9 Å². The van der Waals surface area contributed by atoms with Gasteiger partial charge in [-0.2, -0.15) is 13.2 Å². The molecule has 11 heteroatoms. The van der Waals surface area contributed by atoms with Crippen molar-refractivity contribution in [1.82, 2.24) is 4.98 Å². The maximum absolute atomic E-state index is 12.8. The average molecular weight is 319 g/mol. The summed E-state index contributed by atoms with van der Waals surface area (Å²) in [6.07, 6.45) is -10.6. The van der Waals surface area contributed by atoms with Crippen LogP contribution < -0.4 is 9.47 Å². The van der Waals surface area contributed by atoms with Gasteiger partial charge in [0, 0.05) is 6.07 Å². The molecule has 0 saturated carbocycles. The Morgan fingerprint density at radius 2 is 1.71 bits per heavy atom. The van der Waals surface area contributed by atoms with Gasteiger partial charge < -0.3 is 14.2 Å². The fourth-order valence-electron chi connectivity index (χ4n) is 1.32. The van der Waals surface area contributed by atoms with Crippen LogP contribution in [0.5, 0.6) is 11.6 Å². The first-order valence-corrected chi connectivity index (χ1v) is 5.00. The molecule has 0 amide bonds. The molecule has 0 saturated heterocycles. The Morgan fingerprint density at radius 3 is 2.10 bits per heavy atom. The van der Waals surface area contributed by atoms with Crippen molar-refractivity contribution in [2.75, 3.05) is 14.2 Å². The predicted molar refractivity (Wildman–Crippen MR) is 53.8 cm³/mol. The first-order valence-electron chi connectivity index (χ1n) is 5.00. The zero-order valence-electron chi connectivity index (χ0n) is 10.4. The van der Waals surface area contributed by atoms with Gasteiger partial charge in [0.25, 0.3) is 0 Å². The molecule has 0 spiro atoms. The average Bonchev–Trinajstić information content (AvgIpc) is 2.33. The smallest absolute Gasteiger partial charge is 0.480 e. The van der Waals surface area contributed by atoms with Crippen molar-refractivity contribution in [2.24, 2.45) is 0 Å². The van der Waals surface area contributed by atoms with Gasteiger partial charge in [-0.15, -0.1) is 13.2 Å². The van der Waals surface area contributed by atoms with Crippen LogP contribution in [0.3, 0.4) is 0 Å². The minimum atomic E-state index is -5.40. The Morgan fingerprint density at radius 1 is 1.14 bits per heavy atom. The second-order valence-electron chi connectivity index (χ2n) is 3.43. The molecule has 0 N–H and O–H groups in total. The van der Waals surface area contributed by atoms with Crippen LogP contribution in [0.15, 0.2) is 6.07 Å². The lowest BCUT2D eigenvalue weighted by molar-refractivity contribution is -0.276. The molecule has 1 heterocycles. The van der Waals surface area contributed by atoms with E-state index in [2.05, 4.69) is 19.2 Å². The predicted octanol–water partition coefficient (Wildman–Crippen LogP) is 2.79. The number of methoxy groups -OCH3 is 2. The van der Waals surface area contributed by atoms with Crippen molar-refractivity contribution in [3.05, 3.63) is 17.3 Å². The molecule has 1 aromatic rings. The minimum absolute atomic E-state index is 0.171. The minimum Gasteiger partial charge on any atom is -0.480 e. The summed E-state index contributed by atoms with van der Waals surface area (Å²) in [4.78, 5) is 14.4. The summed E-state index contributed by atoms with van der Waals surface area (Å²) in [5, 5.41) is 0. The monoisotopic (exact) mass is 319 g/mol. The number of carbonyl (C=O) groups is 1. The maximum Gasteiger partial charge on any atom is 0.573 e. The Hall–Kier alpha value is -2.20. The Kier molecular flexibility index (Phi) is 4.54. The third-order valence-corrected chi connectivity index (χ3v) is 2.05. The van der Waals surface area contributed by atoms with Crippen molar-refractivity contribution in [1.29, 1.82) is 0 Å². The SMILES string of the molecule is COC(=O)c1cc(OC(F)(F)F)c(C(F)(F)F)c(OC)n1. The third kappa shape index (κ3) is 4.13. The van der Waals surface area contributed by atoms with Crippen LogP contribution in [0.1, 0.15) is 16.1 Å². The lowest BCUT2D eigenvalue weighted by Crippen LogP contribution is -2.22. The number of aromatic nitrogens is 1. The highest BCUT2D eigenvalue weighted by atomic mass is 19.4. The molecular weight excluding hydrogens is 312 g/mol. The molecule has 0 unspecified atom stereocenters. The lowest BCUT2D eigenvalue weighted by Gasteiger charge is -2.18. The van der Waals surface area contributed by atoms with E-state index in [1.165, 1.54) is 0 Å². The van der Waals surface area contributed by atoms with Crippen LogP contribution in [0.4, 0.5) is 26.3 Å². The number of nitrogens with zero attached hydrogens (tertiary/aromatic N) is 1. The molecule has 5 nitrogen and oxygen atoms in total. The van der Waals surface area contributed by atoms with E-state index >= 15 is 0 Å². The van der Waals surface area contributed by atoms with Crippen LogP contribution in [0, 0.1) is 0 Å². The van der Waals surface area contributed by atoms with Gasteiger partial charge in [-0.05, 0) is 0 Å². The zero-order chi connectivity index (χ0) is 16.4. The molecule has 0 bridgehead atoms. The van der Waals surface area contributed by atoms with Crippen LogP contribution in [0.2, 0.25) is 0 Å². The third-order valence-electron chi connectivity index (χ3n) is 2.05. The van der Waals surface area contributed by atoms with Crippen molar-refractivity contribution >= 4 is 5.97 Å². The van der Waals surface area contributed by atoms with E-state index in [0.29, 0.717) is 0 Å². The number of hydrogen-bond donors (Lipinski definition) is 0. The normalized spacial score (nSPS) is 12.0. The topological polar surface area (TPSA) is 57.7 Å². The van der Waals surface area contributed by atoms with Gasteiger partial charge in [0.05, 0.1) is 14.2 Å². The molecule has 0 fully saturated rings. The van der Waals surface area contributed by atoms with E-state index in [4.69, 9.17) is 0 Å². The summed E-state index contributed by atoms with van der Waals surface area (Å²) in [6.45, 7) is 0.